The first kappa shape index (κ1) is 30.0. The Morgan fingerprint density at radius 2 is 1.76 bits per heavy atom. The van der Waals surface area contributed by atoms with Gasteiger partial charge in [0, 0.05) is 25.3 Å². The molecular weight excluding hydrogens is 526 g/mol. The number of nitrogens with zero attached hydrogens (tertiary/aromatic N) is 2. The average Bonchev–Trinajstić information content (AvgIpc) is 3.40. The lowest BCUT2D eigenvalue weighted by atomic mass is 9.60. The van der Waals surface area contributed by atoms with Crippen LogP contribution in [0.2, 0.25) is 0 Å². The molecule has 0 unspecified atom stereocenters. The molecule has 0 spiro atoms. The minimum atomic E-state index is -0.445. The van der Waals surface area contributed by atoms with Crippen LogP contribution < -0.4 is 4.74 Å². The largest absolute Gasteiger partial charge is 0.458 e. The summed E-state index contributed by atoms with van der Waals surface area (Å²) in [7, 11) is 2.15. The molecule has 7 nitrogen and oxygen atoms in total. The molecule has 3 aliphatic carbocycles. The van der Waals surface area contributed by atoms with Gasteiger partial charge < -0.3 is 19.4 Å². The quantitative estimate of drug-likeness (QED) is 0.189. The van der Waals surface area contributed by atoms with E-state index in [9.17, 15) is 9.59 Å². The van der Waals surface area contributed by atoms with Gasteiger partial charge in [-0.2, -0.15) is 0 Å². The van der Waals surface area contributed by atoms with Crippen LogP contribution in [-0.2, 0) is 20.7 Å². The van der Waals surface area contributed by atoms with Gasteiger partial charge in [-0.05, 0) is 68.5 Å². The van der Waals surface area contributed by atoms with Gasteiger partial charge in [0.15, 0.2) is 5.75 Å². The fraction of sp³-hybridized carbons (Fsp3) is 0.514. The number of aryl methyl sites for hydroxylation is 1. The Labute approximate surface area is 249 Å². The van der Waals surface area contributed by atoms with Gasteiger partial charge in [0.2, 0.25) is 0 Å². The van der Waals surface area contributed by atoms with Gasteiger partial charge in [0.1, 0.15) is 16.9 Å². The predicted octanol–water partition coefficient (Wildman–Crippen LogP) is 6.83. The van der Waals surface area contributed by atoms with Crippen LogP contribution in [0.1, 0.15) is 71.2 Å². The summed E-state index contributed by atoms with van der Waals surface area (Å²) in [4.78, 5) is 35.5. The van der Waals surface area contributed by atoms with Gasteiger partial charge in [-0.15, -0.1) is 0 Å². The first-order valence-electron chi connectivity index (χ1n) is 15.5. The summed E-state index contributed by atoms with van der Waals surface area (Å²) in [6.45, 7) is 9.25. The Balaban J connectivity index is 1.21. The Morgan fingerprint density at radius 1 is 1.00 bits per heavy atom. The first-order valence-corrected chi connectivity index (χ1v) is 15.5. The van der Waals surface area contributed by atoms with Gasteiger partial charge in [-0.1, -0.05) is 70.2 Å². The van der Waals surface area contributed by atoms with E-state index in [-0.39, 0.29) is 29.7 Å². The summed E-state index contributed by atoms with van der Waals surface area (Å²) in [5.74, 6) is 1.34. The first-order chi connectivity index (χ1) is 20.1. The van der Waals surface area contributed by atoms with Gasteiger partial charge >= 0.3 is 11.9 Å². The number of carbonyl (C=O) groups excluding carboxylic acids is 2. The molecule has 0 aliphatic heterocycles. The molecule has 1 N–H and O–H groups in total. The van der Waals surface area contributed by atoms with Crippen molar-refractivity contribution in [2.24, 2.45) is 23.7 Å². The molecule has 2 bridgehead atoms. The second-order valence-corrected chi connectivity index (χ2v) is 12.8. The Morgan fingerprint density at radius 3 is 2.45 bits per heavy atom. The summed E-state index contributed by atoms with van der Waals surface area (Å²) >= 11 is 0. The lowest BCUT2D eigenvalue weighted by Gasteiger charge is -2.50. The van der Waals surface area contributed by atoms with Crippen LogP contribution in [0, 0.1) is 23.7 Å². The van der Waals surface area contributed by atoms with Crippen LogP contribution in [0.25, 0.3) is 16.6 Å². The maximum absolute atomic E-state index is 12.9. The lowest BCUT2D eigenvalue weighted by molar-refractivity contribution is -0.176. The zero-order valence-electron chi connectivity index (χ0n) is 25.7. The number of aromatic amines is 1. The topological polar surface area (TPSA) is 84.5 Å². The number of para-hydroxylation sites is 1. The molecule has 1 aromatic heterocycles. The van der Waals surface area contributed by atoms with Gasteiger partial charge in [-0.25, -0.2) is 4.98 Å². The number of rotatable bonds is 12. The molecule has 0 amide bonds. The van der Waals surface area contributed by atoms with Crippen molar-refractivity contribution >= 4 is 28.5 Å². The number of carbonyl (C=O) groups is 2. The van der Waals surface area contributed by atoms with E-state index in [0.29, 0.717) is 17.2 Å². The Bertz CT molecular complexity index is 1430. The number of aromatic nitrogens is 2. The minimum absolute atomic E-state index is 0.0943. The molecule has 3 atom stereocenters. The van der Waals surface area contributed by atoms with Gasteiger partial charge in [-0.3, -0.25) is 9.59 Å². The molecule has 1 saturated carbocycles. The van der Waals surface area contributed by atoms with Crippen molar-refractivity contribution in [3.05, 3.63) is 66.0 Å². The number of nitrogens with one attached hydrogen (secondary N) is 1. The molecule has 3 aromatic rings. The van der Waals surface area contributed by atoms with Crippen molar-refractivity contribution in [3.63, 3.8) is 0 Å². The Kier molecular flexibility index (Phi) is 9.16. The normalized spacial score (nSPS) is 21.8. The maximum atomic E-state index is 12.9. The second-order valence-electron chi connectivity index (χ2n) is 12.8. The molecule has 1 heterocycles. The van der Waals surface area contributed by atoms with Crippen LogP contribution in [0.15, 0.2) is 54.6 Å². The summed E-state index contributed by atoms with van der Waals surface area (Å²) in [6, 6.07) is 16.3. The Hall–Kier alpha value is -3.45. The molecule has 3 aliphatic rings. The van der Waals surface area contributed by atoms with E-state index in [0.717, 1.165) is 63.0 Å². The minimum Gasteiger partial charge on any atom is -0.458 e. The van der Waals surface area contributed by atoms with Crippen LogP contribution in [0.4, 0.5) is 0 Å². The monoisotopic (exact) mass is 571 g/mol. The fourth-order valence-corrected chi connectivity index (χ4v) is 6.40. The van der Waals surface area contributed by atoms with Crippen molar-refractivity contribution in [3.8, 4) is 5.75 Å². The van der Waals surface area contributed by atoms with Gasteiger partial charge in [0.05, 0.1) is 17.4 Å². The number of fused-ring (bicyclic) bond motifs is 3. The van der Waals surface area contributed by atoms with Crippen molar-refractivity contribution < 1.29 is 19.1 Å². The predicted molar refractivity (Wildman–Crippen MR) is 166 cm³/mol. The summed E-state index contributed by atoms with van der Waals surface area (Å²) < 4.78 is 12.0. The number of H-pyrrole nitrogens is 1. The number of hydrogen-bond acceptors (Lipinski definition) is 6. The lowest BCUT2D eigenvalue weighted by Crippen LogP contribution is -2.51. The highest BCUT2D eigenvalue weighted by Crippen LogP contribution is 2.53. The van der Waals surface area contributed by atoms with E-state index in [4.69, 9.17) is 14.5 Å². The zero-order chi connectivity index (χ0) is 29.9. The SMILES string of the molecule is CC(C)C(=O)Oc1cccc2[nH]c(CCCN(C)CC[C@@]3(OC(=O)C(C)C)C[C@@H]4CC[C@H]3C=C4c3ccccc3)nc12. The van der Waals surface area contributed by atoms with Crippen LogP contribution in [0.5, 0.6) is 5.75 Å². The molecule has 7 heteroatoms. The number of imidazole rings is 1. The van der Waals surface area contributed by atoms with Crippen molar-refractivity contribution in [2.45, 2.75) is 71.8 Å². The number of benzene rings is 2. The summed E-state index contributed by atoms with van der Waals surface area (Å²) in [5.41, 5.74) is 3.84. The van der Waals surface area contributed by atoms with Crippen molar-refractivity contribution in [2.75, 3.05) is 20.1 Å². The standard InChI is InChI=1S/C35H45N3O4/c1-23(2)33(39)41-30-14-9-13-29-32(30)37-31(36-29)15-10-19-38(5)20-18-35(42-34(40)24(3)4)22-26-16-17-27(35)21-28(26)25-11-7-6-8-12-25/h6-9,11-14,21,23-24,26-27H,10,15-20,22H2,1-5H3,(H,36,37)/t26-,27-,35+/m0/s1. The zero-order valence-corrected chi connectivity index (χ0v) is 25.7. The molecule has 2 aromatic carbocycles. The molecule has 224 valence electrons. The summed E-state index contributed by atoms with van der Waals surface area (Å²) in [5, 5.41) is 0. The van der Waals surface area contributed by atoms with E-state index in [2.05, 4.69) is 53.3 Å². The smallest absolute Gasteiger partial charge is 0.313 e. The third-order valence-corrected chi connectivity index (χ3v) is 8.87. The van der Waals surface area contributed by atoms with Crippen molar-refractivity contribution in [1.29, 1.82) is 0 Å². The highest BCUT2D eigenvalue weighted by molar-refractivity contribution is 5.85. The van der Waals surface area contributed by atoms with Gasteiger partial charge in [0.25, 0.3) is 0 Å². The second kappa shape index (κ2) is 12.8. The van der Waals surface area contributed by atoms with Crippen LogP contribution >= 0.6 is 0 Å². The average molecular weight is 572 g/mol. The number of hydrogen-bond donors (Lipinski definition) is 1. The highest BCUT2D eigenvalue weighted by atomic mass is 16.6. The number of esters is 2. The third-order valence-electron chi connectivity index (χ3n) is 8.87. The van der Waals surface area contributed by atoms with E-state index >= 15 is 0 Å². The van der Waals surface area contributed by atoms with Crippen LogP contribution in [0.3, 0.4) is 0 Å². The maximum Gasteiger partial charge on any atom is 0.313 e. The molecule has 42 heavy (non-hydrogen) atoms. The fourth-order valence-electron chi connectivity index (χ4n) is 6.40. The van der Waals surface area contributed by atoms with Crippen LogP contribution in [-0.4, -0.2) is 52.5 Å². The van der Waals surface area contributed by atoms with E-state index in [1.54, 1.807) is 6.07 Å². The third kappa shape index (κ3) is 6.62. The highest BCUT2D eigenvalue weighted by Gasteiger charge is 2.50. The summed E-state index contributed by atoms with van der Waals surface area (Å²) in [6.07, 6.45) is 8.08. The molecule has 0 radical (unpaired) electrons. The number of allylic oxidation sites excluding steroid dienone is 1. The molecule has 6 rings (SSSR count). The molecule has 1 fully saturated rings. The molecule has 0 saturated heterocycles. The van der Waals surface area contributed by atoms with E-state index in [1.807, 2.05) is 39.8 Å². The number of ether oxygens (including phenoxy) is 2. The molecular formula is C35H45N3O4. The van der Waals surface area contributed by atoms with E-state index in [1.165, 1.54) is 11.1 Å². The van der Waals surface area contributed by atoms with Crippen molar-refractivity contribution in [1.82, 2.24) is 14.9 Å². The van der Waals surface area contributed by atoms with E-state index < -0.39 is 5.60 Å².